The van der Waals surface area contributed by atoms with Crippen molar-refractivity contribution in [3.8, 4) is 11.3 Å². The largest absolute Gasteiger partial charge is 0.413 e. The van der Waals surface area contributed by atoms with Crippen molar-refractivity contribution in [2.45, 2.75) is 13.1 Å². The minimum atomic E-state index is -4.30. The number of halogens is 3. The molecule has 1 heterocycles. The van der Waals surface area contributed by atoms with E-state index in [1.165, 1.54) is 12.4 Å². The lowest BCUT2D eigenvalue weighted by Crippen LogP contribution is -2.03. The highest BCUT2D eigenvalue weighted by Crippen LogP contribution is 2.47. The molecule has 1 aromatic carbocycles. The van der Waals surface area contributed by atoms with Crippen LogP contribution in [0.3, 0.4) is 0 Å². The minimum absolute atomic E-state index is 0.125. The van der Waals surface area contributed by atoms with Crippen LogP contribution >= 0.6 is 0 Å². The summed E-state index contributed by atoms with van der Waals surface area (Å²) in [5.74, 6) is 0. The Balaban J connectivity index is 1.86. The first-order valence-corrected chi connectivity index (χ1v) is 6.01. The molecule has 5 heteroatoms. The van der Waals surface area contributed by atoms with Crippen LogP contribution in [-0.2, 0) is 0 Å². The summed E-state index contributed by atoms with van der Waals surface area (Å²) in [4.78, 5) is 8.22. The fourth-order valence-corrected chi connectivity index (χ4v) is 1.90. The zero-order valence-electron chi connectivity index (χ0n) is 10.6. The second-order valence-corrected chi connectivity index (χ2v) is 4.62. The lowest BCUT2D eigenvalue weighted by molar-refractivity contribution is -0.0852. The molecule has 0 atom stereocenters. The van der Waals surface area contributed by atoms with Gasteiger partial charge in [-0.3, -0.25) is 9.97 Å². The fraction of sp³-hybridized carbons (Fsp3) is 0.133. The van der Waals surface area contributed by atoms with E-state index in [0.717, 1.165) is 17.5 Å². The van der Waals surface area contributed by atoms with Gasteiger partial charge in [-0.1, -0.05) is 29.8 Å². The van der Waals surface area contributed by atoms with Crippen LogP contribution in [0.5, 0.6) is 0 Å². The van der Waals surface area contributed by atoms with E-state index in [4.69, 9.17) is 0 Å². The summed E-state index contributed by atoms with van der Waals surface area (Å²) >= 11 is 0. The second kappa shape index (κ2) is 4.44. The Kier molecular flexibility index (Phi) is 2.85. The maximum atomic E-state index is 12.4. The Bertz CT molecular complexity index is 668. The van der Waals surface area contributed by atoms with Crippen molar-refractivity contribution in [3.63, 3.8) is 0 Å². The average molecular weight is 275 g/mol. The number of aromatic nitrogens is 2. The molecule has 1 aliphatic rings. The fourth-order valence-electron chi connectivity index (χ4n) is 1.90. The highest BCUT2D eigenvalue weighted by Gasteiger charge is 2.45. The second-order valence-electron chi connectivity index (χ2n) is 4.62. The van der Waals surface area contributed by atoms with Gasteiger partial charge in [-0.2, -0.15) is 13.2 Å². The lowest BCUT2D eigenvalue weighted by Gasteiger charge is -2.01. The average Bonchev–Trinajstić information content (AvgIpc) is 3.20. The van der Waals surface area contributed by atoms with Gasteiger partial charge < -0.3 is 0 Å². The third kappa shape index (κ3) is 2.43. The van der Waals surface area contributed by atoms with E-state index in [-0.39, 0.29) is 11.3 Å². The summed E-state index contributed by atoms with van der Waals surface area (Å²) < 4.78 is 37.3. The van der Waals surface area contributed by atoms with Crippen LogP contribution in [-0.4, -0.2) is 16.1 Å². The smallest absolute Gasteiger partial charge is 0.253 e. The maximum Gasteiger partial charge on any atom is 0.413 e. The number of benzene rings is 1. The van der Waals surface area contributed by atoms with Gasteiger partial charge >= 0.3 is 6.18 Å². The number of rotatable bonds is 2. The third-order valence-corrected chi connectivity index (χ3v) is 3.08. The van der Waals surface area contributed by atoms with Crippen LogP contribution < -0.4 is 0 Å². The van der Waals surface area contributed by atoms with Gasteiger partial charge in [0.25, 0.3) is 0 Å². The minimum Gasteiger partial charge on any atom is -0.253 e. The van der Waals surface area contributed by atoms with Crippen molar-refractivity contribution in [1.29, 1.82) is 0 Å². The van der Waals surface area contributed by atoms with E-state index in [1.54, 1.807) is 0 Å². The summed E-state index contributed by atoms with van der Waals surface area (Å²) in [5.41, 5.74) is 2.43. The molecule has 0 aliphatic heterocycles. The first-order valence-electron chi connectivity index (χ1n) is 6.01. The Hall–Kier alpha value is -2.17. The van der Waals surface area contributed by atoms with Gasteiger partial charge in [0, 0.05) is 17.6 Å². The summed E-state index contributed by atoms with van der Waals surface area (Å²) in [5, 5.41) is 0. The van der Waals surface area contributed by atoms with Crippen LogP contribution in [0.4, 0.5) is 13.2 Å². The standard InChI is InChI=1S/C15H10F3N2/c1-9-2-4-10(5-3-9)13-7-20-14(8-19-13)11-6-12(11)15(16,17)18/h2-8H,1H3. The number of hydrogen-bond acceptors (Lipinski definition) is 2. The molecule has 3 rings (SSSR count). The lowest BCUT2D eigenvalue weighted by atomic mass is 10.1. The molecule has 0 N–H and O–H groups in total. The molecule has 0 unspecified atom stereocenters. The summed E-state index contributed by atoms with van der Waals surface area (Å²) in [6.45, 7) is 1.98. The van der Waals surface area contributed by atoms with Gasteiger partial charge in [-0.15, -0.1) is 0 Å². The zero-order valence-corrected chi connectivity index (χ0v) is 10.6. The van der Waals surface area contributed by atoms with Gasteiger partial charge in [0.2, 0.25) is 0 Å². The monoisotopic (exact) mass is 275 g/mol. The van der Waals surface area contributed by atoms with Crippen molar-refractivity contribution in [2.24, 2.45) is 0 Å². The molecule has 0 saturated carbocycles. The molecular weight excluding hydrogens is 265 g/mol. The van der Waals surface area contributed by atoms with E-state index in [9.17, 15) is 13.2 Å². The first-order chi connectivity index (χ1) is 9.45. The summed E-state index contributed by atoms with van der Waals surface area (Å²) in [6.07, 6.45) is -0.352. The van der Waals surface area contributed by atoms with Gasteiger partial charge in [0.05, 0.1) is 23.8 Å². The Morgan fingerprint density at radius 2 is 1.50 bits per heavy atom. The van der Waals surface area contributed by atoms with Gasteiger partial charge in [0.1, 0.15) is 0 Å². The SMILES string of the molecule is Cc1ccc(-c2cnc(C3=C(C(F)(F)F)[CH]3)cn2)cc1. The van der Waals surface area contributed by atoms with E-state index in [2.05, 4.69) is 9.97 Å². The van der Waals surface area contributed by atoms with Gasteiger partial charge in [0.15, 0.2) is 0 Å². The first kappa shape index (κ1) is 12.8. The van der Waals surface area contributed by atoms with E-state index in [1.807, 2.05) is 31.2 Å². The predicted molar refractivity (Wildman–Crippen MR) is 69.5 cm³/mol. The number of hydrogen-bond donors (Lipinski definition) is 0. The van der Waals surface area contributed by atoms with E-state index >= 15 is 0 Å². The molecular formula is C15H10F3N2. The topological polar surface area (TPSA) is 25.8 Å². The van der Waals surface area contributed by atoms with Crippen LogP contribution in [0.1, 0.15) is 11.3 Å². The maximum absolute atomic E-state index is 12.4. The van der Waals surface area contributed by atoms with E-state index < -0.39 is 11.7 Å². The molecule has 2 aromatic rings. The number of aryl methyl sites for hydroxylation is 1. The van der Waals surface area contributed by atoms with Crippen LogP contribution in [0.2, 0.25) is 0 Å². The number of nitrogens with zero attached hydrogens (tertiary/aromatic N) is 2. The highest BCUT2D eigenvalue weighted by atomic mass is 19.4. The normalized spacial score (nSPS) is 14.6. The molecule has 20 heavy (non-hydrogen) atoms. The summed E-state index contributed by atoms with van der Waals surface area (Å²) in [7, 11) is 0. The Labute approximate surface area is 114 Å². The van der Waals surface area contributed by atoms with Crippen molar-refractivity contribution in [1.82, 2.24) is 9.97 Å². The van der Waals surface area contributed by atoms with Crippen LogP contribution in [0.25, 0.3) is 16.8 Å². The Morgan fingerprint density at radius 3 is 2.00 bits per heavy atom. The van der Waals surface area contributed by atoms with Crippen LogP contribution in [0.15, 0.2) is 42.2 Å². The van der Waals surface area contributed by atoms with Crippen molar-refractivity contribution >= 4 is 5.57 Å². The van der Waals surface area contributed by atoms with Gasteiger partial charge in [-0.25, -0.2) is 0 Å². The molecule has 101 valence electrons. The van der Waals surface area contributed by atoms with Crippen molar-refractivity contribution in [3.05, 3.63) is 59.9 Å². The third-order valence-electron chi connectivity index (χ3n) is 3.08. The predicted octanol–water partition coefficient (Wildman–Crippen LogP) is 3.99. The van der Waals surface area contributed by atoms with Gasteiger partial charge in [-0.05, 0) is 12.5 Å². The molecule has 0 spiro atoms. The molecule has 0 saturated heterocycles. The van der Waals surface area contributed by atoms with E-state index in [0.29, 0.717) is 5.69 Å². The molecule has 0 fully saturated rings. The quantitative estimate of drug-likeness (QED) is 0.828. The Morgan fingerprint density at radius 1 is 0.900 bits per heavy atom. The van der Waals surface area contributed by atoms with Crippen molar-refractivity contribution in [2.75, 3.05) is 0 Å². The molecule has 1 aliphatic carbocycles. The molecule has 1 radical (unpaired) electrons. The molecule has 2 nitrogen and oxygen atoms in total. The highest BCUT2D eigenvalue weighted by molar-refractivity contribution is 5.92. The van der Waals surface area contributed by atoms with Crippen molar-refractivity contribution < 1.29 is 13.2 Å². The number of alkyl halides is 3. The molecule has 1 aromatic heterocycles. The number of allylic oxidation sites excluding steroid dienone is 2. The molecule has 0 bridgehead atoms. The van der Waals surface area contributed by atoms with Crippen LogP contribution in [0, 0.1) is 13.3 Å². The zero-order chi connectivity index (χ0) is 14.3. The molecule has 0 amide bonds. The summed E-state index contributed by atoms with van der Waals surface area (Å²) in [6, 6.07) is 7.71.